The molecule has 3 aromatic rings. The van der Waals surface area contributed by atoms with Crippen molar-refractivity contribution in [3.63, 3.8) is 0 Å². The molecule has 2 heterocycles. The first-order chi connectivity index (χ1) is 10.8. The van der Waals surface area contributed by atoms with Crippen LogP contribution in [0.2, 0.25) is 0 Å². The van der Waals surface area contributed by atoms with Gasteiger partial charge in [0, 0.05) is 24.2 Å². The number of fused-ring (bicyclic) bond motifs is 3. The average Bonchev–Trinajstić information content (AvgIpc) is 2.88. The van der Waals surface area contributed by atoms with Gasteiger partial charge in [-0.1, -0.05) is 25.1 Å². The molecule has 116 valence electrons. The summed E-state index contributed by atoms with van der Waals surface area (Å²) in [5.74, 6) is 2.30. The van der Waals surface area contributed by atoms with Crippen molar-refractivity contribution in [1.82, 2.24) is 14.5 Å². The van der Waals surface area contributed by atoms with Crippen molar-refractivity contribution in [3.8, 4) is 0 Å². The van der Waals surface area contributed by atoms with Gasteiger partial charge in [-0.05, 0) is 25.3 Å². The molecule has 0 saturated heterocycles. The number of imidazole rings is 1. The predicted molar refractivity (Wildman–Crippen MR) is 93.4 cm³/mol. The van der Waals surface area contributed by atoms with Crippen molar-refractivity contribution >= 4 is 39.4 Å². The molecule has 0 saturated carbocycles. The molecule has 0 bridgehead atoms. The van der Waals surface area contributed by atoms with E-state index in [0.717, 1.165) is 60.0 Å². The molecule has 5 heteroatoms. The number of pyridine rings is 1. The summed E-state index contributed by atoms with van der Waals surface area (Å²) in [6.45, 7) is 3.09. The monoisotopic (exact) mass is 316 g/mol. The van der Waals surface area contributed by atoms with Gasteiger partial charge in [0.15, 0.2) is 5.82 Å². The highest BCUT2D eigenvalue weighted by Crippen LogP contribution is 2.29. The molecule has 2 N–H and O–H groups in total. The minimum atomic E-state index is 0.516. The van der Waals surface area contributed by atoms with E-state index >= 15 is 0 Å². The highest BCUT2D eigenvalue weighted by atomic mass is 35.5. The lowest BCUT2D eigenvalue weighted by Gasteiger charge is -2.10. The molecule has 1 aromatic carbocycles. The number of nitrogens with two attached hydrogens (primary N) is 1. The van der Waals surface area contributed by atoms with E-state index in [2.05, 4.69) is 22.5 Å². The number of halogens is 1. The quantitative estimate of drug-likeness (QED) is 0.549. The Kier molecular flexibility index (Phi) is 4.48. The van der Waals surface area contributed by atoms with Crippen LogP contribution >= 0.6 is 11.6 Å². The standard InChI is InChI=1S/C17H21ClN4/c1-2-7-14-21-15-16(22(14)11-6-5-10-18)12-8-3-4-9-13(12)20-17(15)19/h3-4,8-9H,2,5-7,10-11H2,1H3,(H2,19,20). The normalized spacial score (nSPS) is 11.5. The number of para-hydroxylation sites is 1. The Bertz CT molecular complexity index is 794. The van der Waals surface area contributed by atoms with E-state index in [1.165, 1.54) is 0 Å². The van der Waals surface area contributed by atoms with E-state index in [-0.39, 0.29) is 0 Å². The van der Waals surface area contributed by atoms with Crippen LogP contribution in [-0.2, 0) is 13.0 Å². The summed E-state index contributed by atoms with van der Waals surface area (Å²) in [5.41, 5.74) is 9.01. The number of aromatic nitrogens is 3. The number of unbranched alkanes of at least 4 members (excludes halogenated alkanes) is 1. The molecule has 0 aliphatic carbocycles. The van der Waals surface area contributed by atoms with Gasteiger partial charge >= 0.3 is 0 Å². The second-order valence-electron chi connectivity index (χ2n) is 5.54. The first-order valence-corrected chi connectivity index (χ1v) is 8.39. The van der Waals surface area contributed by atoms with Crippen molar-refractivity contribution in [3.05, 3.63) is 30.1 Å². The summed E-state index contributed by atoms with van der Waals surface area (Å²) in [6, 6.07) is 8.12. The van der Waals surface area contributed by atoms with Gasteiger partial charge in [0.05, 0.1) is 11.0 Å². The number of alkyl halides is 1. The Balaban J connectivity index is 2.24. The van der Waals surface area contributed by atoms with Crippen molar-refractivity contribution in [2.45, 2.75) is 39.2 Å². The third-order valence-corrected chi connectivity index (χ3v) is 4.20. The molecule has 0 aliphatic rings. The SMILES string of the molecule is CCCc1nc2c(N)nc3ccccc3c2n1CCCCCl. The van der Waals surface area contributed by atoms with Gasteiger partial charge in [-0.15, -0.1) is 11.6 Å². The number of rotatable bonds is 6. The van der Waals surface area contributed by atoms with Crippen LogP contribution in [0.5, 0.6) is 0 Å². The Morgan fingerprint density at radius 2 is 2.00 bits per heavy atom. The maximum Gasteiger partial charge on any atom is 0.152 e. The van der Waals surface area contributed by atoms with Crippen LogP contribution in [0.15, 0.2) is 24.3 Å². The molecule has 0 spiro atoms. The predicted octanol–water partition coefficient (Wildman–Crippen LogP) is 4.14. The van der Waals surface area contributed by atoms with Gasteiger partial charge < -0.3 is 10.3 Å². The maximum absolute atomic E-state index is 6.15. The summed E-state index contributed by atoms with van der Waals surface area (Å²) in [5, 5.41) is 1.12. The third kappa shape index (κ3) is 2.63. The number of aryl methyl sites for hydroxylation is 2. The molecule has 0 amide bonds. The smallest absolute Gasteiger partial charge is 0.152 e. The Hall–Kier alpha value is -1.81. The molecule has 0 unspecified atom stereocenters. The van der Waals surface area contributed by atoms with E-state index in [1.54, 1.807) is 0 Å². The van der Waals surface area contributed by atoms with Crippen molar-refractivity contribution < 1.29 is 0 Å². The maximum atomic E-state index is 6.15. The lowest BCUT2D eigenvalue weighted by molar-refractivity contribution is 0.614. The number of anilines is 1. The minimum absolute atomic E-state index is 0.516. The van der Waals surface area contributed by atoms with Gasteiger partial charge in [0.2, 0.25) is 0 Å². The molecular weight excluding hydrogens is 296 g/mol. The first-order valence-electron chi connectivity index (χ1n) is 7.85. The van der Waals surface area contributed by atoms with Crippen LogP contribution in [0.4, 0.5) is 5.82 Å². The second kappa shape index (κ2) is 6.53. The van der Waals surface area contributed by atoms with E-state index in [4.69, 9.17) is 22.3 Å². The third-order valence-electron chi connectivity index (χ3n) is 3.93. The van der Waals surface area contributed by atoms with Gasteiger partial charge in [-0.25, -0.2) is 9.97 Å². The molecule has 22 heavy (non-hydrogen) atoms. The van der Waals surface area contributed by atoms with E-state index in [9.17, 15) is 0 Å². The number of benzene rings is 1. The zero-order valence-corrected chi connectivity index (χ0v) is 13.6. The van der Waals surface area contributed by atoms with Crippen LogP contribution in [0.3, 0.4) is 0 Å². The highest BCUT2D eigenvalue weighted by molar-refractivity contribution is 6.17. The van der Waals surface area contributed by atoms with Crippen LogP contribution in [0.25, 0.3) is 21.9 Å². The number of nitrogens with zero attached hydrogens (tertiary/aromatic N) is 3. The largest absolute Gasteiger partial charge is 0.382 e. The van der Waals surface area contributed by atoms with Gasteiger partial charge in [-0.2, -0.15) is 0 Å². The summed E-state index contributed by atoms with van der Waals surface area (Å²) in [7, 11) is 0. The van der Waals surface area contributed by atoms with Crippen LogP contribution in [-0.4, -0.2) is 20.4 Å². The fraction of sp³-hybridized carbons (Fsp3) is 0.412. The Labute approximate surface area is 135 Å². The summed E-state index contributed by atoms with van der Waals surface area (Å²) >= 11 is 5.83. The summed E-state index contributed by atoms with van der Waals surface area (Å²) < 4.78 is 2.31. The van der Waals surface area contributed by atoms with E-state index < -0.39 is 0 Å². The molecule has 0 fully saturated rings. The lowest BCUT2D eigenvalue weighted by Crippen LogP contribution is -2.05. The topological polar surface area (TPSA) is 56.7 Å². The van der Waals surface area contributed by atoms with Crippen molar-refractivity contribution in [2.75, 3.05) is 11.6 Å². The molecule has 0 aliphatic heterocycles. The Morgan fingerprint density at radius 3 is 2.77 bits per heavy atom. The molecule has 4 nitrogen and oxygen atoms in total. The van der Waals surface area contributed by atoms with Gasteiger partial charge in [0.25, 0.3) is 0 Å². The van der Waals surface area contributed by atoms with Crippen LogP contribution < -0.4 is 5.73 Å². The van der Waals surface area contributed by atoms with E-state index in [1.807, 2.05) is 18.2 Å². The van der Waals surface area contributed by atoms with Crippen LogP contribution in [0.1, 0.15) is 32.0 Å². The molecule has 2 aromatic heterocycles. The van der Waals surface area contributed by atoms with E-state index in [0.29, 0.717) is 11.7 Å². The minimum Gasteiger partial charge on any atom is -0.382 e. The Morgan fingerprint density at radius 1 is 1.18 bits per heavy atom. The second-order valence-corrected chi connectivity index (χ2v) is 5.92. The zero-order valence-electron chi connectivity index (χ0n) is 12.8. The molecule has 0 atom stereocenters. The van der Waals surface area contributed by atoms with Gasteiger partial charge in [0.1, 0.15) is 11.3 Å². The molecular formula is C17H21ClN4. The fourth-order valence-electron chi connectivity index (χ4n) is 2.92. The average molecular weight is 317 g/mol. The first kappa shape index (κ1) is 15.1. The highest BCUT2D eigenvalue weighted by Gasteiger charge is 2.16. The van der Waals surface area contributed by atoms with Crippen molar-refractivity contribution in [2.24, 2.45) is 0 Å². The fourth-order valence-corrected chi connectivity index (χ4v) is 3.11. The number of nitrogen functional groups attached to an aromatic ring is 1. The van der Waals surface area contributed by atoms with Crippen LogP contribution in [0, 0.1) is 0 Å². The summed E-state index contributed by atoms with van der Waals surface area (Å²) in [6.07, 6.45) is 4.06. The summed E-state index contributed by atoms with van der Waals surface area (Å²) in [4.78, 5) is 9.27. The van der Waals surface area contributed by atoms with Crippen molar-refractivity contribution in [1.29, 1.82) is 0 Å². The number of hydrogen-bond acceptors (Lipinski definition) is 3. The number of hydrogen-bond donors (Lipinski definition) is 1. The van der Waals surface area contributed by atoms with Gasteiger partial charge in [-0.3, -0.25) is 0 Å². The zero-order chi connectivity index (χ0) is 15.5. The molecule has 3 rings (SSSR count). The lowest BCUT2D eigenvalue weighted by atomic mass is 10.2. The molecule has 0 radical (unpaired) electrons.